The molecule has 0 bridgehead atoms. The maximum Gasteiger partial charge on any atom is 0.0510 e. The standard InChI is InChI=1S/C18H23NS/c1-14-10-11-16(20-14)17(19-2)18(12-6-7-13-18)15-8-4-3-5-9-15/h3-5,8-11,17,19H,6-7,12-13H2,1-2H3. The summed E-state index contributed by atoms with van der Waals surface area (Å²) in [6.07, 6.45) is 5.27. The predicted molar refractivity (Wildman–Crippen MR) is 87.4 cm³/mol. The molecule has 1 aromatic heterocycles. The lowest BCUT2D eigenvalue weighted by atomic mass is 9.72. The molecule has 1 aliphatic rings. The van der Waals surface area contributed by atoms with Crippen molar-refractivity contribution < 1.29 is 0 Å². The van der Waals surface area contributed by atoms with Gasteiger partial charge in [-0.1, -0.05) is 43.2 Å². The van der Waals surface area contributed by atoms with Crippen molar-refractivity contribution in [1.29, 1.82) is 0 Å². The van der Waals surface area contributed by atoms with Gasteiger partial charge in [0.15, 0.2) is 0 Å². The summed E-state index contributed by atoms with van der Waals surface area (Å²) in [5, 5.41) is 3.62. The van der Waals surface area contributed by atoms with E-state index in [4.69, 9.17) is 0 Å². The van der Waals surface area contributed by atoms with E-state index >= 15 is 0 Å². The van der Waals surface area contributed by atoms with Crippen LogP contribution in [0.4, 0.5) is 0 Å². The Labute approximate surface area is 126 Å². The molecular formula is C18H23NS. The van der Waals surface area contributed by atoms with Gasteiger partial charge in [-0.25, -0.2) is 0 Å². The van der Waals surface area contributed by atoms with E-state index in [0.29, 0.717) is 6.04 Å². The summed E-state index contributed by atoms with van der Waals surface area (Å²) in [5.74, 6) is 0. The molecule has 1 atom stereocenters. The van der Waals surface area contributed by atoms with Crippen LogP contribution < -0.4 is 5.32 Å². The number of rotatable bonds is 4. The maximum absolute atomic E-state index is 3.62. The fraction of sp³-hybridized carbons (Fsp3) is 0.444. The summed E-state index contributed by atoms with van der Waals surface area (Å²) in [4.78, 5) is 2.89. The lowest BCUT2D eigenvalue weighted by Gasteiger charge is -2.38. The van der Waals surface area contributed by atoms with Gasteiger partial charge >= 0.3 is 0 Å². The molecule has 3 rings (SSSR count). The summed E-state index contributed by atoms with van der Waals surface area (Å²) >= 11 is 1.94. The van der Waals surface area contributed by atoms with Gasteiger partial charge in [0.05, 0.1) is 6.04 Å². The van der Waals surface area contributed by atoms with E-state index in [0.717, 1.165) is 0 Å². The van der Waals surface area contributed by atoms with Crippen LogP contribution in [0.25, 0.3) is 0 Å². The third-order valence-electron chi connectivity index (χ3n) is 4.73. The minimum absolute atomic E-state index is 0.271. The topological polar surface area (TPSA) is 12.0 Å². The van der Waals surface area contributed by atoms with Gasteiger partial charge in [-0.2, -0.15) is 0 Å². The molecule has 1 unspecified atom stereocenters. The van der Waals surface area contributed by atoms with Crippen LogP contribution in [0.15, 0.2) is 42.5 Å². The zero-order valence-corrected chi connectivity index (χ0v) is 13.2. The van der Waals surface area contributed by atoms with Crippen LogP contribution in [0.2, 0.25) is 0 Å². The molecule has 2 aromatic rings. The Bertz CT molecular complexity index is 552. The number of hydrogen-bond donors (Lipinski definition) is 1. The minimum atomic E-state index is 0.271. The quantitative estimate of drug-likeness (QED) is 0.848. The van der Waals surface area contributed by atoms with E-state index < -0.39 is 0 Å². The number of aryl methyl sites for hydroxylation is 1. The highest BCUT2D eigenvalue weighted by Crippen LogP contribution is 2.50. The Balaban J connectivity index is 2.05. The van der Waals surface area contributed by atoms with Crippen LogP contribution in [-0.2, 0) is 5.41 Å². The lowest BCUT2D eigenvalue weighted by Crippen LogP contribution is -2.37. The van der Waals surface area contributed by atoms with Crippen LogP contribution >= 0.6 is 11.3 Å². The van der Waals surface area contributed by atoms with Crippen molar-refractivity contribution in [1.82, 2.24) is 5.32 Å². The largest absolute Gasteiger partial charge is 0.312 e. The lowest BCUT2D eigenvalue weighted by molar-refractivity contribution is 0.320. The average molecular weight is 285 g/mol. The van der Waals surface area contributed by atoms with E-state index in [9.17, 15) is 0 Å². The zero-order valence-electron chi connectivity index (χ0n) is 12.4. The Morgan fingerprint density at radius 1 is 1.05 bits per heavy atom. The van der Waals surface area contributed by atoms with Gasteiger partial charge in [0.1, 0.15) is 0 Å². The number of likely N-dealkylation sites (N-methyl/N-ethyl adjacent to an activating group) is 1. The minimum Gasteiger partial charge on any atom is -0.312 e. The molecule has 0 radical (unpaired) electrons. The summed E-state index contributed by atoms with van der Waals surface area (Å²) in [7, 11) is 2.11. The highest BCUT2D eigenvalue weighted by molar-refractivity contribution is 7.12. The van der Waals surface area contributed by atoms with Crippen molar-refractivity contribution in [3.63, 3.8) is 0 Å². The molecule has 1 aromatic carbocycles. The number of thiophene rings is 1. The van der Waals surface area contributed by atoms with Crippen LogP contribution in [0.1, 0.15) is 47.0 Å². The van der Waals surface area contributed by atoms with Gasteiger partial charge < -0.3 is 5.32 Å². The molecule has 1 N–H and O–H groups in total. The highest BCUT2D eigenvalue weighted by Gasteiger charge is 2.43. The molecule has 1 saturated carbocycles. The van der Waals surface area contributed by atoms with Gasteiger partial charge in [-0.15, -0.1) is 11.3 Å². The number of nitrogens with one attached hydrogen (secondary N) is 1. The van der Waals surface area contributed by atoms with Crippen molar-refractivity contribution in [3.8, 4) is 0 Å². The molecule has 1 fully saturated rings. The number of benzene rings is 1. The first-order valence-corrected chi connectivity index (χ1v) is 8.37. The van der Waals surface area contributed by atoms with E-state index in [1.807, 2.05) is 11.3 Å². The molecule has 1 nitrogen and oxygen atoms in total. The van der Waals surface area contributed by atoms with Crippen LogP contribution in [0.3, 0.4) is 0 Å². The van der Waals surface area contributed by atoms with Gasteiger partial charge in [0.25, 0.3) is 0 Å². The predicted octanol–water partition coefficient (Wildman–Crippen LogP) is 4.83. The molecule has 1 heterocycles. The molecule has 0 amide bonds. The van der Waals surface area contributed by atoms with Crippen molar-refractivity contribution >= 4 is 11.3 Å². The normalized spacial score (nSPS) is 19.1. The molecule has 20 heavy (non-hydrogen) atoms. The summed E-state index contributed by atoms with van der Waals surface area (Å²) in [5.41, 5.74) is 1.77. The van der Waals surface area contributed by atoms with Gasteiger partial charge in [0, 0.05) is 15.2 Å². The van der Waals surface area contributed by atoms with Crippen molar-refractivity contribution in [3.05, 3.63) is 57.8 Å². The summed E-state index contributed by atoms with van der Waals surface area (Å²) in [6.45, 7) is 2.20. The second-order valence-electron chi connectivity index (χ2n) is 5.90. The van der Waals surface area contributed by atoms with Crippen molar-refractivity contribution in [2.45, 2.75) is 44.1 Å². The van der Waals surface area contributed by atoms with Crippen LogP contribution in [0.5, 0.6) is 0 Å². The fourth-order valence-corrected chi connectivity index (χ4v) is 4.92. The second-order valence-corrected chi connectivity index (χ2v) is 7.22. The van der Waals surface area contributed by atoms with E-state index in [2.05, 4.69) is 61.8 Å². The first kappa shape index (κ1) is 13.8. The van der Waals surface area contributed by atoms with Gasteiger partial charge in [-0.05, 0) is 44.5 Å². The van der Waals surface area contributed by atoms with E-state index in [-0.39, 0.29) is 5.41 Å². The second kappa shape index (κ2) is 5.71. The summed E-state index contributed by atoms with van der Waals surface area (Å²) in [6, 6.07) is 16.1. The summed E-state index contributed by atoms with van der Waals surface area (Å²) < 4.78 is 0. The fourth-order valence-electron chi connectivity index (χ4n) is 3.82. The SMILES string of the molecule is CNC(c1ccc(C)s1)C1(c2ccccc2)CCCC1. The van der Waals surface area contributed by atoms with Crippen LogP contribution in [-0.4, -0.2) is 7.05 Å². The zero-order chi connectivity index (χ0) is 14.0. The molecule has 2 heteroatoms. The third-order valence-corrected chi connectivity index (χ3v) is 5.80. The maximum atomic E-state index is 3.62. The first-order chi connectivity index (χ1) is 9.76. The average Bonchev–Trinajstić information content (AvgIpc) is 3.12. The van der Waals surface area contributed by atoms with Gasteiger partial charge in [-0.3, -0.25) is 0 Å². The van der Waals surface area contributed by atoms with E-state index in [1.165, 1.54) is 41.0 Å². The molecule has 1 aliphatic carbocycles. The molecular weight excluding hydrogens is 262 g/mol. The Morgan fingerprint density at radius 2 is 1.75 bits per heavy atom. The number of hydrogen-bond acceptors (Lipinski definition) is 2. The molecule has 0 spiro atoms. The van der Waals surface area contributed by atoms with Gasteiger partial charge in [0.2, 0.25) is 0 Å². The van der Waals surface area contributed by atoms with E-state index in [1.54, 1.807) is 0 Å². The Hall–Kier alpha value is -1.12. The van der Waals surface area contributed by atoms with Crippen LogP contribution in [0, 0.1) is 6.92 Å². The van der Waals surface area contributed by atoms with Crippen molar-refractivity contribution in [2.24, 2.45) is 0 Å². The first-order valence-electron chi connectivity index (χ1n) is 7.55. The highest BCUT2D eigenvalue weighted by atomic mass is 32.1. The molecule has 0 aliphatic heterocycles. The molecule has 106 valence electrons. The van der Waals surface area contributed by atoms with Crippen molar-refractivity contribution in [2.75, 3.05) is 7.05 Å². The third kappa shape index (κ3) is 2.32. The molecule has 0 saturated heterocycles. The Morgan fingerprint density at radius 3 is 2.30 bits per heavy atom. The Kier molecular flexibility index (Phi) is 3.95. The smallest absolute Gasteiger partial charge is 0.0510 e. The monoisotopic (exact) mass is 285 g/mol.